The second-order valence-electron chi connectivity index (χ2n) is 29.5. The molecule has 4 heterocycles. The topological polar surface area (TPSA) is 16.3 Å². The van der Waals surface area contributed by atoms with E-state index in [-0.39, 0.29) is 28.4 Å². The quantitative estimate of drug-likeness (QED) is 0.160. The molecule has 0 atom stereocenters. The fraction of sp³-hybridized carbons (Fsp3) is 0.190. The average Bonchev–Trinajstić information content (AvgIpc) is 1.23. The highest BCUT2D eigenvalue weighted by Gasteiger charge is 2.45. The number of anilines is 6. The Hall–Kier alpha value is -9.58. The lowest BCUT2D eigenvalue weighted by atomic mass is 9.33. The molecule has 2 aromatic heterocycles. The van der Waals surface area contributed by atoms with Gasteiger partial charge in [0.15, 0.2) is 0 Å². The van der Waals surface area contributed by atoms with E-state index >= 15 is 0 Å². The van der Waals surface area contributed by atoms with Crippen LogP contribution in [0, 0.1) is 0 Å². The molecule has 2 aliphatic rings. The van der Waals surface area contributed by atoms with Crippen LogP contribution in [0.5, 0.6) is 0 Å². The Labute approximate surface area is 524 Å². The highest BCUT2D eigenvalue weighted by molar-refractivity contribution is 7.00. The molecule has 0 N–H and O–H groups in total. The first-order valence-corrected chi connectivity index (χ1v) is 31.9. The molecule has 0 unspecified atom stereocenters. The van der Waals surface area contributed by atoms with Crippen LogP contribution in [-0.2, 0) is 21.7 Å². The summed E-state index contributed by atoms with van der Waals surface area (Å²) in [6, 6.07) is 90.8. The zero-order chi connectivity index (χ0) is 61.2. The van der Waals surface area contributed by atoms with Crippen LogP contribution in [0.4, 0.5) is 34.1 Å². The molecule has 89 heavy (non-hydrogen) atoms. The van der Waals surface area contributed by atoms with Crippen molar-refractivity contribution in [3.63, 3.8) is 0 Å². The molecule has 434 valence electrons. The zero-order valence-corrected chi connectivity index (χ0v) is 53.4. The van der Waals surface area contributed by atoms with Crippen LogP contribution in [0.2, 0.25) is 0 Å². The van der Waals surface area contributed by atoms with Crippen molar-refractivity contribution in [3.8, 4) is 22.5 Å². The molecule has 0 bridgehead atoms. The molecule has 0 fully saturated rings. The van der Waals surface area contributed by atoms with E-state index in [1.165, 1.54) is 132 Å². The van der Waals surface area contributed by atoms with E-state index in [1.807, 2.05) is 0 Å². The molecule has 0 amide bonds. The van der Waals surface area contributed by atoms with E-state index in [4.69, 9.17) is 0 Å². The largest absolute Gasteiger partial charge is 0.311 e. The molecule has 0 saturated heterocycles. The van der Waals surface area contributed by atoms with E-state index in [9.17, 15) is 0 Å². The fourth-order valence-corrected chi connectivity index (χ4v) is 14.9. The SMILES string of the molecule is CC(C)(C)c1cc(N2c3cc(-c4ccc5c6c(ccc7c8ccccc8n(-c8ccccc8)c76)n(-c6ccccc6)c5c4)cc4c3B(c3ccc5ccccc5c32)c2ccc3ccccc3c2N4c2cc(C(C)(C)C)cc(C(C)(C)C)c2)cc(C(C)(C)C)c1. The highest BCUT2D eigenvalue weighted by atomic mass is 15.2. The molecule has 12 aromatic carbocycles. The van der Waals surface area contributed by atoms with Crippen molar-refractivity contribution < 1.29 is 0 Å². The van der Waals surface area contributed by atoms with Gasteiger partial charge in [-0.15, -0.1) is 0 Å². The van der Waals surface area contributed by atoms with Gasteiger partial charge in [0, 0.05) is 77.8 Å². The van der Waals surface area contributed by atoms with Crippen molar-refractivity contribution in [2.75, 3.05) is 9.80 Å². The van der Waals surface area contributed by atoms with Gasteiger partial charge in [0.25, 0.3) is 6.71 Å². The van der Waals surface area contributed by atoms with Crippen molar-refractivity contribution in [1.82, 2.24) is 9.13 Å². The van der Waals surface area contributed by atoms with Crippen molar-refractivity contribution in [2.24, 2.45) is 0 Å². The number of para-hydroxylation sites is 3. The van der Waals surface area contributed by atoms with Gasteiger partial charge in [-0.05, 0) is 161 Å². The Balaban J connectivity index is 1.07. The Kier molecular flexibility index (Phi) is 12.0. The van der Waals surface area contributed by atoms with Crippen LogP contribution in [-0.4, -0.2) is 15.8 Å². The molecule has 2 aliphatic heterocycles. The summed E-state index contributed by atoms with van der Waals surface area (Å²) in [7, 11) is 0. The van der Waals surface area contributed by atoms with E-state index < -0.39 is 0 Å². The molecule has 16 rings (SSSR count). The normalized spacial score (nSPS) is 13.6. The van der Waals surface area contributed by atoms with Gasteiger partial charge in [0.2, 0.25) is 0 Å². The van der Waals surface area contributed by atoms with Crippen LogP contribution < -0.4 is 26.2 Å². The Morgan fingerprint density at radius 1 is 0.292 bits per heavy atom. The standard InChI is InChI=1S/C84H75BN4/c1-81(2,3)56-46-57(82(4,5)6)49-62(48-56)88-74-44-55(54-35-38-68-73(43-54)86(60-27-15-13-16-28-60)72-42-39-67-66-33-23-24-34-71(66)87(80(67)76(68)72)61-29-17-14-18-30-61)45-75-77(74)85(69-40-36-52-25-19-21-31-64(52)78(69)88)70-41-37-53-26-20-22-32-65(53)79(70)89(75)63-50-58(83(7,8)9)47-59(51-63)84(10,11)12/h13-51H,1-12H3. The predicted octanol–water partition coefficient (Wildman–Crippen LogP) is 21.1. The maximum absolute atomic E-state index is 2.69. The number of aromatic nitrogens is 2. The minimum atomic E-state index is -0.121. The second-order valence-corrected chi connectivity index (χ2v) is 29.5. The van der Waals surface area contributed by atoms with Gasteiger partial charge < -0.3 is 18.9 Å². The van der Waals surface area contributed by atoms with Crippen LogP contribution in [0.3, 0.4) is 0 Å². The Morgan fingerprint density at radius 2 is 0.730 bits per heavy atom. The smallest absolute Gasteiger partial charge is 0.252 e. The monoisotopic (exact) mass is 1150 g/mol. The van der Waals surface area contributed by atoms with E-state index in [0.717, 1.165) is 28.0 Å². The average molecular weight is 1150 g/mol. The fourth-order valence-electron chi connectivity index (χ4n) is 14.9. The Bertz CT molecular complexity index is 4990. The molecule has 0 aliphatic carbocycles. The molecular weight excluding hydrogens is 1080 g/mol. The van der Waals surface area contributed by atoms with Crippen molar-refractivity contribution >= 4 is 122 Å². The maximum Gasteiger partial charge on any atom is 0.252 e. The minimum absolute atomic E-state index is 0.0941. The van der Waals surface area contributed by atoms with Gasteiger partial charge >= 0.3 is 0 Å². The van der Waals surface area contributed by atoms with Gasteiger partial charge in [-0.3, -0.25) is 0 Å². The number of hydrogen-bond acceptors (Lipinski definition) is 2. The lowest BCUT2D eigenvalue weighted by molar-refractivity contribution is 0.568. The molecule has 0 radical (unpaired) electrons. The number of benzene rings is 12. The third kappa shape index (κ3) is 8.55. The summed E-state index contributed by atoms with van der Waals surface area (Å²) in [5, 5.41) is 9.87. The summed E-state index contributed by atoms with van der Waals surface area (Å²) >= 11 is 0. The molecular formula is C84H75BN4. The minimum Gasteiger partial charge on any atom is -0.311 e. The Morgan fingerprint density at radius 3 is 1.22 bits per heavy atom. The summed E-state index contributed by atoms with van der Waals surface area (Å²) in [5.74, 6) is 0. The number of rotatable bonds is 5. The van der Waals surface area contributed by atoms with Crippen LogP contribution >= 0.6 is 0 Å². The van der Waals surface area contributed by atoms with E-state index in [0.29, 0.717) is 0 Å². The molecule has 14 aromatic rings. The number of fused-ring (bicyclic) bond motifs is 15. The van der Waals surface area contributed by atoms with Gasteiger partial charge in [0.05, 0.1) is 22.1 Å². The van der Waals surface area contributed by atoms with Crippen molar-refractivity contribution in [3.05, 3.63) is 259 Å². The first kappa shape index (κ1) is 54.8. The van der Waals surface area contributed by atoms with Crippen LogP contribution in [0.1, 0.15) is 105 Å². The maximum atomic E-state index is 2.69. The first-order chi connectivity index (χ1) is 42.7. The predicted molar refractivity (Wildman–Crippen MR) is 384 cm³/mol. The summed E-state index contributed by atoms with van der Waals surface area (Å²) in [4.78, 5) is 5.38. The summed E-state index contributed by atoms with van der Waals surface area (Å²) in [6.07, 6.45) is 0. The van der Waals surface area contributed by atoms with Gasteiger partial charge in [0.1, 0.15) is 0 Å². The van der Waals surface area contributed by atoms with Crippen molar-refractivity contribution in [2.45, 2.75) is 105 Å². The summed E-state index contributed by atoms with van der Waals surface area (Å²) in [5.41, 5.74) is 25.3. The first-order valence-electron chi connectivity index (χ1n) is 31.9. The van der Waals surface area contributed by atoms with Gasteiger partial charge in [-0.25, -0.2) is 0 Å². The molecule has 5 heteroatoms. The van der Waals surface area contributed by atoms with Crippen LogP contribution in [0.25, 0.3) is 87.7 Å². The lowest BCUT2D eigenvalue weighted by Crippen LogP contribution is -2.61. The third-order valence-corrected chi connectivity index (χ3v) is 19.6. The van der Waals surface area contributed by atoms with Crippen LogP contribution in [0.15, 0.2) is 237 Å². The van der Waals surface area contributed by atoms with E-state index in [2.05, 4.69) is 339 Å². The third-order valence-electron chi connectivity index (χ3n) is 19.6. The second kappa shape index (κ2) is 19.5. The number of hydrogen-bond donors (Lipinski definition) is 0. The molecule has 0 saturated carbocycles. The summed E-state index contributed by atoms with van der Waals surface area (Å²) < 4.78 is 5.01. The van der Waals surface area contributed by atoms with Gasteiger partial charge in [-0.1, -0.05) is 241 Å². The molecule has 0 spiro atoms. The number of nitrogens with zero attached hydrogens (tertiary/aromatic N) is 4. The van der Waals surface area contributed by atoms with E-state index in [1.54, 1.807) is 0 Å². The summed E-state index contributed by atoms with van der Waals surface area (Å²) in [6.45, 7) is 28.3. The lowest BCUT2D eigenvalue weighted by Gasteiger charge is -2.46. The zero-order valence-electron chi connectivity index (χ0n) is 53.4. The van der Waals surface area contributed by atoms with Gasteiger partial charge in [-0.2, -0.15) is 0 Å². The van der Waals surface area contributed by atoms with Crippen molar-refractivity contribution in [1.29, 1.82) is 0 Å². The highest BCUT2D eigenvalue weighted by Crippen LogP contribution is 2.52. The molecule has 4 nitrogen and oxygen atoms in total.